The van der Waals surface area contributed by atoms with Crippen LogP contribution in [0.5, 0.6) is 0 Å². The highest BCUT2D eigenvalue weighted by molar-refractivity contribution is 7.20. The van der Waals surface area contributed by atoms with Gasteiger partial charge in [-0.25, -0.2) is 0 Å². The van der Waals surface area contributed by atoms with Crippen LogP contribution >= 0.6 is 11.3 Å². The number of nitrogens with zero attached hydrogens (tertiary/aromatic N) is 1. The molecule has 0 saturated heterocycles. The van der Waals surface area contributed by atoms with E-state index < -0.39 is 0 Å². The molecule has 0 unspecified atom stereocenters. The van der Waals surface area contributed by atoms with E-state index in [1.165, 1.54) is 41.3 Å². The summed E-state index contributed by atoms with van der Waals surface area (Å²) in [5.41, 5.74) is 2.46. The summed E-state index contributed by atoms with van der Waals surface area (Å²) in [5, 5.41) is 4.23. The van der Waals surface area contributed by atoms with Crippen LogP contribution in [-0.4, -0.2) is 10.5 Å². The molecule has 2 aromatic heterocycles. The van der Waals surface area contributed by atoms with Gasteiger partial charge in [-0.05, 0) is 36.5 Å². The molecular weight excluding hydrogens is 328 g/mol. The summed E-state index contributed by atoms with van der Waals surface area (Å²) < 4.78 is 3.56. The number of rotatable bonds is 5. The predicted molar refractivity (Wildman–Crippen MR) is 104 cm³/mol. The minimum Gasteiger partial charge on any atom is -0.349 e. The first-order valence-corrected chi connectivity index (χ1v) is 10.0. The van der Waals surface area contributed by atoms with Crippen molar-refractivity contribution < 1.29 is 4.79 Å². The van der Waals surface area contributed by atoms with Crippen LogP contribution in [-0.2, 0) is 13.0 Å². The topological polar surface area (TPSA) is 34.0 Å². The second-order valence-electron chi connectivity index (χ2n) is 6.93. The largest absolute Gasteiger partial charge is 0.349 e. The SMILES string of the molecule is CCc1ccc(CNC(=O)c2cc3cn(C4CCCC4)cc3s2)cc1. The Morgan fingerprint density at radius 2 is 1.88 bits per heavy atom. The summed E-state index contributed by atoms with van der Waals surface area (Å²) in [6.07, 6.45) is 10.7. The third-order valence-electron chi connectivity index (χ3n) is 5.20. The average molecular weight is 353 g/mol. The van der Waals surface area contributed by atoms with E-state index in [1.54, 1.807) is 11.3 Å². The van der Waals surface area contributed by atoms with Crippen molar-refractivity contribution in [1.29, 1.82) is 0 Å². The molecular formula is C21H24N2OS. The Labute approximate surface area is 152 Å². The van der Waals surface area contributed by atoms with Gasteiger partial charge >= 0.3 is 0 Å². The van der Waals surface area contributed by atoms with Gasteiger partial charge in [0, 0.05) is 30.4 Å². The average Bonchev–Trinajstić information content (AvgIpc) is 3.35. The van der Waals surface area contributed by atoms with Gasteiger partial charge in [0.25, 0.3) is 5.91 Å². The van der Waals surface area contributed by atoms with E-state index in [2.05, 4.69) is 53.5 Å². The number of thiophene rings is 1. The van der Waals surface area contributed by atoms with Crippen molar-refractivity contribution in [3.8, 4) is 0 Å². The monoisotopic (exact) mass is 352 g/mol. The third kappa shape index (κ3) is 3.49. The predicted octanol–water partition coefficient (Wildman–Crippen LogP) is 5.31. The molecule has 1 N–H and O–H groups in total. The normalized spacial score (nSPS) is 15.1. The summed E-state index contributed by atoms with van der Waals surface area (Å²) in [6, 6.07) is 11.1. The Morgan fingerprint density at radius 1 is 1.16 bits per heavy atom. The number of fused-ring (bicyclic) bond motifs is 1. The van der Waals surface area contributed by atoms with E-state index in [4.69, 9.17) is 0 Å². The number of carbonyl (C=O) groups excluding carboxylic acids is 1. The van der Waals surface area contributed by atoms with Crippen LogP contribution in [0.2, 0.25) is 0 Å². The van der Waals surface area contributed by atoms with E-state index in [0.29, 0.717) is 12.6 Å². The number of hydrogen-bond donors (Lipinski definition) is 1. The van der Waals surface area contributed by atoms with Gasteiger partial charge in [-0.1, -0.05) is 44.0 Å². The fourth-order valence-corrected chi connectivity index (χ4v) is 4.63. The molecule has 4 heteroatoms. The van der Waals surface area contributed by atoms with Crippen molar-refractivity contribution in [2.75, 3.05) is 0 Å². The zero-order chi connectivity index (χ0) is 17.2. The first-order valence-electron chi connectivity index (χ1n) is 9.20. The van der Waals surface area contributed by atoms with Crippen molar-refractivity contribution >= 4 is 27.3 Å². The van der Waals surface area contributed by atoms with Crippen LogP contribution in [0.15, 0.2) is 42.7 Å². The Bertz CT molecular complexity index is 838. The summed E-state index contributed by atoms with van der Waals surface area (Å²) >= 11 is 1.59. The summed E-state index contributed by atoms with van der Waals surface area (Å²) in [6.45, 7) is 2.72. The van der Waals surface area contributed by atoms with Gasteiger partial charge < -0.3 is 9.88 Å². The quantitative estimate of drug-likeness (QED) is 0.663. The molecule has 25 heavy (non-hydrogen) atoms. The van der Waals surface area contributed by atoms with E-state index in [0.717, 1.165) is 16.9 Å². The number of benzene rings is 1. The highest BCUT2D eigenvalue weighted by Gasteiger charge is 2.18. The van der Waals surface area contributed by atoms with Gasteiger partial charge in [-0.3, -0.25) is 4.79 Å². The summed E-state index contributed by atoms with van der Waals surface area (Å²) in [4.78, 5) is 13.2. The minimum atomic E-state index is 0.0215. The van der Waals surface area contributed by atoms with Crippen molar-refractivity contribution in [1.82, 2.24) is 9.88 Å². The van der Waals surface area contributed by atoms with Gasteiger partial charge in [-0.15, -0.1) is 11.3 Å². The number of amides is 1. The van der Waals surface area contributed by atoms with Gasteiger partial charge in [0.2, 0.25) is 0 Å². The standard InChI is InChI=1S/C21H24N2OS/c1-2-15-7-9-16(10-8-15)12-22-21(24)19-11-17-13-23(14-20(17)25-19)18-5-3-4-6-18/h7-11,13-14,18H,2-6,12H2,1H3,(H,22,24). The lowest BCUT2D eigenvalue weighted by Gasteiger charge is -2.10. The Balaban J connectivity index is 1.41. The van der Waals surface area contributed by atoms with E-state index in [9.17, 15) is 4.79 Å². The summed E-state index contributed by atoms with van der Waals surface area (Å²) in [5.74, 6) is 0.0215. The van der Waals surface area contributed by atoms with Gasteiger partial charge in [-0.2, -0.15) is 0 Å². The highest BCUT2D eigenvalue weighted by Crippen LogP contribution is 2.34. The molecule has 1 fully saturated rings. The fourth-order valence-electron chi connectivity index (χ4n) is 3.64. The Morgan fingerprint density at radius 3 is 2.56 bits per heavy atom. The lowest BCUT2D eigenvalue weighted by molar-refractivity contribution is 0.0955. The van der Waals surface area contributed by atoms with E-state index >= 15 is 0 Å². The smallest absolute Gasteiger partial charge is 0.261 e. The molecule has 0 radical (unpaired) electrons. The molecule has 1 aliphatic carbocycles. The molecule has 1 amide bonds. The highest BCUT2D eigenvalue weighted by atomic mass is 32.1. The van der Waals surface area contributed by atoms with Crippen LogP contribution in [0.4, 0.5) is 0 Å². The van der Waals surface area contributed by atoms with Crippen molar-refractivity contribution in [3.05, 3.63) is 58.7 Å². The van der Waals surface area contributed by atoms with Crippen LogP contribution in [0.25, 0.3) is 10.1 Å². The van der Waals surface area contributed by atoms with Crippen molar-refractivity contribution in [2.45, 2.75) is 51.6 Å². The molecule has 0 aliphatic heterocycles. The Kier molecular flexibility index (Phi) is 4.62. The summed E-state index contributed by atoms with van der Waals surface area (Å²) in [7, 11) is 0. The number of hydrogen-bond acceptors (Lipinski definition) is 2. The molecule has 0 atom stereocenters. The van der Waals surface area contributed by atoms with Gasteiger partial charge in [0.15, 0.2) is 0 Å². The van der Waals surface area contributed by atoms with Crippen LogP contribution in [0.1, 0.15) is 59.4 Å². The van der Waals surface area contributed by atoms with Crippen molar-refractivity contribution in [3.63, 3.8) is 0 Å². The number of carbonyl (C=O) groups is 1. The lowest BCUT2D eigenvalue weighted by atomic mass is 10.1. The van der Waals surface area contributed by atoms with E-state index in [1.807, 2.05) is 6.07 Å². The van der Waals surface area contributed by atoms with Gasteiger partial charge in [0.05, 0.1) is 9.58 Å². The molecule has 0 spiro atoms. The number of aryl methyl sites for hydroxylation is 1. The van der Waals surface area contributed by atoms with Crippen molar-refractivity contribution in [2.24, 2.45) is 0 Å². The fraction of sp³-hybridized carbons (Fsp3) is 0.381. The van der Waals surface area contributed by atoms with Crippen LogP contribution in [0, 0.1) is 0 Å². The first kappa shape index (κ1) is 16.4. The first-order chi connectivity index (χ1) is 12.2. The molecule has 0 bridgehead atoms. The van der Waals surface area contributed by atoms with E-state index in [-0.39, 0.29) is 5.91 Å². The molecule has 2 heterocycles. The Hall–Kier alpha value is -2.07. The maximum absolute atomic E-state index is 12.4. The number of nitrogens with one attached hydrogen (secondary N) is 1. The molecule has 130 valence electrons. The molecule has 3 aromatic rings. The van der Waals surface area contributed by atoms with Gasteiger partial charge in [0.1, 0.15) is 0 Å². The maximum atomic E-state index is 12.4. The second-order valence-corrected chi connectivity index (χ2v) is 8.01. The molecule has 4 rings (SSSR count). The zero-order valence-corrected chi connectivity index (χ0v) is 15.4. The molecule has 3 nitrogen and oxygen atoms in total. The molecule has 1 saturated carbocycles. The number of aromatic nitrogens is 1. The minimum absolute atomic E-state index is 0.0215. The van der Waals surface area contributed by atoms with Crippen LogP contribution < -0.4 is 5.32 Å². The third-order valence-corrected chi connectivity index (χ3v) is 6.28. The zero-order valence-electron chi connectivity index (χ0n) is 14.6. The lowest BCUT2D eigenvalue weighted by Crippen LogP contribution is -2.21. The molecule has 1 aromatic carbocycles. The van der Waals surface area contributed by atoms with Crippen LogP contribution in [0.3, 0.4) is 0 Å². The second kappa shape index (κ2) is 7.04. The maximum Gasteiger partial charge on any atom is 0.261 e. The molecule has 1 aliphatic rings.